The van der Waals surface area contributed by atoms with Crippen molar-refractivity contribution in [2.75, 3.05) is 17.7 Å². The number of ether oxygens (including phenoxy) is 1. The molecule has 0 saturated heterocycles. The van der Waals surface area contributed by atoms with Gasteiger partial charge in [-0.15, -0.1) is 0 Å². The number of methoxy groups -OCH3 is 1. The Kier molecular flexibility index (Phi) is 10.4. The third-order valence-corrected chi connectivity index (χ3v) is 6.04. The van der Waals surface area contributed by atoms with E-state index in [1.165, 1.54) is 19.2 Å². The van der Waals surface area contributed by atoms with Gasteiger partial charge in [0, 0.05) is 16.9 Å². The Morgan fingerprint density at radius 3 is 1.58 bits per heavy atom. The van der Waals surface area contributed by atoms with Crippen molar-refractivity contribution in [3.8, 4) is 11.1 Å². The number of rotatable bonds is 8. The molecule has 2 atom stereocenters. The Morgan fingerprint density at radius 2 is 1.19 bits per heavy atom. The highest BCUT2D eigenvalue weighted by Crippen LogP contribution is 2.42. The van der Waals surface area contributed by atoms with Gasteiger partial charge < -0.3 is 32.6 Å². The Labute approximate surface area is 237 Å². The number of anilines is 2. The molecule has 16 heteroatoms. The molecule has 5 nitrogen and oxygen atoms in total. The van der Waals surface area contributed by atoms with Crippen LogP contribution in [0.3, 0.4) is 0 Å². The van der Waals surface area contributed by atoms with Crippen LogP contribution >= 0.6 is 0 Å². The molecule has 1 heterocycles. The first-order chi connectivity index (χ1) is 20.0. The van der Waals surface area contributed by atoms with Crippen LogP contribution in [0.4, 0.5) is 55.0 Å². The number of esters is 1. The summed E-state index contributed by atoms with van der Waals surface area (Å²) < 4.78 is 129. The number of hydrogen-bond acceptors (Lipinski definition) is 4. The molecule has 3 aromatic carbocycles. The fraction of sp³-hybridized carbons (Fsp3) is 0.259. The Balaban J connectivity index is 0.000000934. The lowest BCUT2D eigenvalue weighted by atomic mass is 9.91. The van der Waals surface area contributed by atoms with E-state index in [0.29, 0.717) is 33.0 Å². The van der Waals surface area contributed by atoms with Gasteiger partial charge >= 0.3 is 24.4 Å². The minimum Gasteiger partial charge on any atom is -0.465 e. The van der Waals surface area contributed by atoms with E-state index in [9.17, 15) is 48.4 Å². The highest BCUT2D eigenvalue weighted by atomic mass is 19.5. The predicted molar refractivity (Wildman–Crippen MR) is 144 cm³/mol. The molecule has 0 amide bonds. The zero-order chi connectivity index (χ0) is 32.2. The number of alkyl halides is 6. The Hall–Kier alpha value is -4.24. The predicted octanol–water partition coefficient (Wildman–Crippen LogP) is 9.18. The van der Waals surface area contributed by atoms with Crippen molar-refractivity contribution in [3.63, 3.8) is 0 Å². The van der Waals surface area contributed by atoms with E-state index in [0.717, 1.165) is 0 Å². The second-order valence-electron chi connectivity index (χ2n) is 9.10. The largest absolute Gasteiger partial charge is 0.673 e. The zero-order valence-electron chi connectivity index (χ0n) is 22.5. The molecule has 0 spiro atoms. The molecule has 43 heavy (non-hydrogen) atoms. The summed E-state index contributed by atoms with van der Waals surface area (Å²) in [6.45, 7) is 3.17. The summed E-state index contributed by atoms with van der Waals surface area (Å²) in [5, 5.41) is 5.14. The van der Waals surface area contributed by atoms with E-state index < -0.39 is 38.7 Å². The van der Waals surface area contributed by atoms with Crippen molar-refractivity contribution in [2.45, 2.75) is 39.3 Å². The van der Waals surface area contributed by atoms with Crippen LogP contribution in [-0.4, -0.2) is 45.8 Å². The van der Waals surface area contributed by atoms with Crippen molar-refractivity contribution in [1.29, 1.82) is 0 Å². The fourth-order valence-corrected chi connectivity index (χ4v) is 4.21. The van der Waals surface area contributed by atoms with E-state index in [1.54, 1.807) is 50.2 Å². The van der Waals surface area contributed by atoms with E-state index in [-0.39, 0.29) is 28.1 Å². The Bertz CT molecular complexity index is 1530. The van der Waals surface area contributed by atoms with Gasteiger partial charge in [-0.2, -0.15) is 0 Å². The number of benzene rings is 3. The normalized spacial score (nSPS) is 13.1. The van der Waals surface area contributed by atoms with Gasteiger partial charge in [-0.3, -0.25) is 0 Å². The first-order valence-electron chi connectivity index (χ1n) is 12.3. The number of carbonyl (C=O) groups is 1. The smallest absolute Gasteiger partial charge is 0.465 e. The second kappa shape index (κ2) is 13.4. The van der Waals surface area contributed by atoms with Crippen LogP contribution in [0.2, 0.25) is 0 Å². The van der Waals surface area contributed by atoms with Crippen molar-refractivity contribution in [1.82, 2.24) is 0 Å². The topological polar surface area (TPSA) is 61.7 Å². The molecule has 4 aromatic rings. The van der Waals surface area contributed by atoms with Crippen LogP contribution in [0.5, 0.6) is 0 Å². The molecule has 4 rings (SSSR count). The van der Waals surface area contributed by atoms with Gasteiger partial charge in [-0.05, 0) is 48.7 Å². The second-order valence-corrected chi connectivity index (χ2v) is 9.10. The number of fused-ring (bicyclic) bond motifs is 2. The van der Waals surface area contributed by atoms with E-state index in [2.05, 4.69) is 10.6 Å². The van der Waals surface area contributed by atoms with Gasteiger partial charge in [0.15, 0.2) is 0 Å². The van der Waals surface area contributed by atoms with Gasteiger partial charge in [0.05, 0.1) is 35.6 Å². The molecule has 0 aliphatic heterocycles. The molecule has 2 unspecified atom stereocenters. The molecule has 1 aromatic heterocycles. The van der Waals surface area contributed by atoms with Gasteiger partial charge in [0.2, 0.25) is 12.6 Å². The van der Waals surface area contributed by atoms with E-state index in [1.807, 2.05) is 0 Å². The third kappa shape index (κ3) is 8.20. The minimum atomic E-state index is -6.00. The lowest BCUT2D eigenvalue weighted by molar-refractivity contribution is 0.0601. The van der Waals surface area contributed by atoms with Crippen molar-refractivity contribution < 1.29 is 57.6 Å². The number of carbonyl (C=O) groups excluding carboxylic acids is 1. The molecular formula is C27H23BF10N2O3. The molecule has 0 fully saturated rings. The summed E-state index contributed by atoms with van der Waals surface area (Å²) >= 11 is 0. The summed E-state index contributed by atoms with van der Waals surface area (Å²) in [6, 6.07) is 12.4. The number of nitrogens with one attached hydrogen (secondary N) is 2. The van der Waals surface area contributed by atoms with Gasteiger partial charge in [-0.1, -0.05) is 18.2 Å². The maximum Gasteiger partial charge on any atom is 0.673 e. The van der Waals surface area contributed by atoms with E-state index >= 15 is 0 Å². The zero-order valence-corrected chi connectivity index (χ0v) is 22.5. The summed E-state index contributed by atoms with van der Waals surface area (Å²) in [4.78, 5) is 12.6. The molecule has 2 N–H and O–H groups in total. The molecule has 0 aliphatic rings. The average Bonchev–Trinajstić information content (AvgIpc) is 2.91. The lowest BCUT2D eigenvalue weighted by Crippen LogP contribution is -2.22. The van der Waals surface area contributed by atoms with Crippen molar-refractivity contribution in [3.05, 3.63) is 65.2 Å². The van der Waals surface area contributed by atoms with E-state index in [4.69, 9.17) is 9.15 Å². The standard InChI is InChI=1S/C27H23F6N2O3.BF4/c1-12-8-16-20(10-18(12)34-25(32)23(28)29)38-21-11-19(35-26(33)24(30)31)13(2)9-17(21)22(16)14-6-4-5-7-15(14)27(36)37-3;2-1(3,4)5/h4-11,23-26,34-35H,1-3H3;/q+1;-1. The van der Waals surface area contributed by atoms with Crippen LogP contribution in [-0.2, 0) is 4.74 Å². The monoisotopic (exact) mass is 624 g/mol. The number of aryl methyl sites for hydroxylation is 2. The number of hydrogen-bond donors (Lipinski definition) is 2. The average molecular weight is 624 g/mol. The van der Waals surface area contributed by atoms with Gasteiger partial charge in [0.25, 0.3) is 12.9 Å². The SMILES string of the molecule is COC(=O)c1ccccc1-c1c2cc(C)c(NC(F)C(F)F)cc2[o+]c2cc(NC(F)C(F)F)c(C)cc12.F[B-](F)(F)F. The Morgan fingerprint density at radius 1 is 0.767 bits per heavy atom. The molecule has 232 valence electrons. The summed E-state index contributed by atoms with van der Waals surface area (Å²) in [5.74, 6) is -0.623. The highest BCUT2D eigenvalue weighted by Gasteiger charge is 2.28. The molecule has 0 saturated carbocycles. The van der Waals surface area contributed by atoms with Crippen molar-refractivity contribution >= 4 is 46.5 Å². The maximum absolute atomic E-state index is 13.8. The van der Waals surface area contributed by atoms with Crippen LogP contribution < -0.4 is 10.6 Å². The third-order valence-electron chi connectivity index (χ3n) is 6.04. The van der Waals surface area contributed by atoms with Crippen LogP contribution in [0.25, 0.3) is 33.1 Å². The van der Waals surface area contributed by atoms with Gasteiger partial charge in [0.1, 0.15) is 0 Å². The quantitative estimate of drug-likeness (QED) is 0.0512. The maximum atomic E-state index is 13.8. The lowest BCUT2D eigenvalue weighted by Gasteiger charge is -2.16. The number of halogens is 10. The minimum absolute atomic E-state index is 0.0348. The van der Waals surface area contributed by atoms with Crippen LogP contribution in [0.15, 0.2) is 52.9 Å². The first kappa shape index (κ1) is 33.3. The molecule has 0 radical (unpaired) electrons. The highest BCUT2D eigenvalue weighted by molar-refractivity contribution is 6.50. The summed E-state index contributed by atoms with van der Waals surface area (Å²) in [5.41, 5.74) is 2.27. The fourth-order valence-electron chi connectivity index (χ4n) is 4.21. The molecule has 0 bridgehead atoms. The summed E-state index contributed by atoms with van der Waals surface area (Å²) in [6.07, 6.45) is -11.8. The molecular weight excluding hydrogens is 601 g/mol. The first-order valence-corrected chi connectivity index (χ1v) is 12.3. The molecule has 0 aliphatic carbocycles. The van der Waals surface area contributed by atoms with Crippen LogP contribution in [0, 0.1) is 13.8 Å². The van der Waals surface area contributed by atoms with Crippen molar-refractivity contribution in [2.24, 2.45) is 0 Å². The van der Waals surface area contributed by atoms with Crippen LogP contribution in [0.1, 0.15) is 21.5 Å². The summed E-state index contributed by atoms with van der Waals surface area (Å²) in [7, 11) is -4.77. The van der Waals surface area contributed by atoms with Gasteiger partial charge in [-0.25, -0.2) is 35.6 Å².